The molecule has 0 spiro atoms. The van der Waals surface area contributed by atoms with Crippen molar-refractivity contribution < 1.29 is 5.11 Å². The molecular weight excluding hydrogens is 236 g/mol. The third-order valence-corrected chi connectivity index (χ3v) is 3.46. The third kappa shape index (κ3) is 2.98. The highest BCUT2D eigenvalue weighted by Gasteiger charge is 2.31. The van der Waals surface area contributed by atoms with Crippen molar-refractivity contribution in [2.45, 2.75) is 25.5 Å². The van der Waals surface area contributed by atoms with E-state index in [4.69, 9.17) is 16.9 Å². The van der Waals surface area contributed by atoms with Crippen LogP contribution in [0.15, 0.2) is 18.2 Å². The summed E-state index contributed by atoms with van der Waals surface area (Å²) in [5, 5.41) is 19.3. The molecule has 0 saturated carbocycles. The maximum atomic E-state index is 9.88. The van der Waals surface area contributed by atoms with Crippen LogP contribution in [0.3, 0.4) is 0 Å². The average molecular weight is 251 g/mol. The summed E-state index contributed by atoms with van der Waals surface area (Å²) in [5.74, 6) is 0. The number of rotatable bonds is 2. The lowest BCUT2D eigenvalue weighted by Gasteiger charge is -2.19. The molecule has 1 atom stereocenters. The van der Waals surface area contributed by atoms with Gasteiger partial charge in [0.25, 0.3) is 0 Å². The fourth-order valence-electron chi connectivity index (χ4n) is 2.16. The first kappa shape index (κ1) is 12.4. The summed E-state index contributed by atoms with van der Waals surface area (Å²) in [7, 11) is 0. The number of hydrogen-bond donors (Lipinski definition) is 1. The van der Waals surface area contributed by atoms with Crippen LogP contribution in [-0.4, -0.2) is 28.7 Å². The number of nitrogens with zero attached hydrogens (tertiary/aromatic N) is 2. The van der Waals surface area contributed by atoms with Crippen LogP contribution in [0.5, 0.6) is 0 Å². The predicted molar refractivity (Wildman–Crippen MR) is 66.7 cm³/mol. The van der Waals surface area contributed by atoms with Gasteiger partial charge in [-0.2, -0.15) is 5.26 Å². The second-order valence-corrected chi connectivity index (χ2v) is 5.28. The first-order valence-corrected chi connectivity index (χ1v) is 6.01. The maximum absolute atomic E-state index is 9.88. The van der Waals surface area contributed by atoms with Crippen molar-refractivity contribution in [3.05, 3.63) is 34.3 Å². The molecule has 1 N–H and O–H groups in total. The van der Waals surface area contributed by atoms with Gasteiger partial charge in [-0.3, -0.25) is 4.90 Å². The van der Waals surface area contributed by atoms with Crippen LogP contribution in [0.25, 0.3) is 0 Å². The molecule has 2 rings (SSSR count). The molecule has 0 radical (unpaired) electrons. The minimum atomic E-state index is -0.584. The Morgan fingerprint density at radius 2 is 2.35 bits per heavy atom. The zero-order valence-electron chi connectivity index (χ0n) is 9.78. The van der Waals surface area contributed by atoms with Crippen LogP contribution in [0.1, 0.15) is 24.5 Å². The molecule has 1 fully saturated rings. The zero-order chi connectivity index (χ0) is 12.5. The van der Waals surface area contributed by atoms with Gasteiger partial charge in [-0.25, -0.2) is 0 Å². The number of benzene rings is 1. The second-order valence-electron chi connectivity index (χ2n) is 4.88. The summed E-state index contributed by atoms with van der Waals surface area (Å²) < 4.78 is 0. The molecule has 17 heavy (non-hydrogen) atoms. The van der Waals surface area contributed by atoms with Gasteiger partial charge in [0.05, 0.1) is 17.2 Å². The van der Waals surface area contributed by atoms with Crippen molar-refractivity contribution >= 4 is 11.6 Å². The molecule has 1 aliphatic heterocycles. The Morgan fingerprint density at radius 3 is 2.88 bits per heavy atom. The van der Waals surface area contributed by atoms with E-state index < -0.39 is 5.60 Å². The molecule has 4 heteroatoms. The minimum Gasteiger partial charge on any atom is -0.389 e. The summed E-state index contributed by atoms with van der Waals surface area (Å²) in [6.45, 7) is 4.13. The van der Waals surface area contributed by atoms with Gasteiger partial charge in [0, 0.05) is 24.7 Å². The Balaban J connectivity index is 2.08. The molecule has 1 aliphatic rings. The van der Waals surface area contributed by atoms with Gasteiger partial charge in [0.15, 0.2) is 0 Å². The highest BCUT2D eigenvalue weighted by Crippen LogP contribution is 2.25. The monoisotopic (exact) mass is 250 g/mol. The van der Waals surface area contributed by atoms with Crippen LogP contribution in [0.2, 0.25) is 5.02 Å². The maximum Gasteiger partial charge on any atom is 0.0992 e. The highest BCUT2D eigenvalue weighted by atomic mass is 35.5. The van der Waals surface area contributed by atoms with Gasteiger partial charge in [-0.05, 0) is 31.0 Å². The minimum absolute atomic E-state index is 0.576. The molecule has 3 nitrogen and oxygen atoms in total. The molecular formula is C13H15ClN2O. The van der Waals surface area contributed by atoms with E-state index in [-0.39, 0.29) is 0 Å². The van der Waals surface area contributed by atoms with E-state index in [1.807, 2.05) is 13.0 Å². The van der Waals surface area contributed by atoms with Crippen LogP contribution in [-0.2, 0) is 6.54 Å². The van der Waals surface area contributed by atoms with Gasteiger partial charge in [0.1, 0.15) is 0 Å². The van der Waals surface area contributed by atoms with Crippen LogP contribution >= 0.6 is 11.6 Å². The molecule has 1 aromatic carbocycles. The molecule has 0 amide bonds. The van der Waals surface area contributed by atoms with Crippen molar-refractivity contribution in [3.63, 3.8) is 0 Å². The van der Waals surface area contributed by atoms with E-state index in [1.165, 1.54) is 0 Å². The van der Waals surface area contributed by atoms with Gasteiger partial charge in [-0.1, -0.05) is 17.7 Å². The fraction of sp³-hybridized carbons (Fsp3) is 0.462. The summed E-state index contributed by atoms with van der Waals surface area (Å²) in [6, 6.07) is 7.41. The molecule has 1 aromatic rings. The van der Waals surface area contributed by atoms with Crippen LogP contribution < -0.4 is 0 Å². The Morgan fingerprint density at radius 1 is 1.59 bits per heavy atom. The lowest BCUT2D eigenvalue weighted by atomic mass is 10.1. The van der Waals surface area contributed by atoms with E-state index in [9.17, 15) is 5.11 Å². The Bertz CT molecular complexity index is 465. The predicted octanol–water partition coefficient (Wildman–Crippen LogP) is 2.17. The molecule has 0 bridgehead atoms. The SMILES string of the molecule is CC1(O)CCN(Cc2ccc(C#N)cc2Cl)C1. The fourth-order valence-corrected chi connectivity index (χ4v) is 2.40. The standard InChI is InChI=1S/C13H15ClN2O/c1-13(17)4-5-16(9-13)8-11-3-2-10(7-15)6-12(11)14/h2-3,6,17H,4-5,8-9H2,1H3. The van der Waals surface area contributed by atoms with Gasteiger partial charge < -0.3 is 5.11 Å². The highest BCUT2D eigenvalue weighted by molar-refractivity contribution is 6.31. The summed E-state index contributed by atoms with van der Waals surface area (Å²) in [5.41, 5.74) is 0.995. The molecule has 1 unspecified atom stereocenters. The third-order valence-electron chi connectivity index (χ3n) is 3.11. The van der Waals surface area contributed by atoms with E-state index in [2.05, 4.69) is 11.0 Å². The van der Waals surface area contributed by atoms with Gasteiger partial charge >= 0.3 is 0 Å². The lowest BCUT2D eigenvalue weighted by molar-refractivity contribution is 0.0679. The van der Waals surface area contributed by atoms with Crippen molar-refractivity contribution in [2.75, 3.05) is 13.1 Å². The second kappa shape index (κ2) is 4.66. The first-order valence-electron chi connectivity index (χ1n) is 5.63. The quantitative estimate of drug-likeness (QED) is 0.875. The average Bonchev–Trinajstić information content (AvgIpc) is 2.61. The van der Waals surface area contributed by atoms with E-state index >= 15 is 0 Å². The molecule has 1 saturated heterocycles. The Labute approximate surface area is 106 Å². The van der Waals surface area contributed by atoms with Gasteiger partial charge in [0.2, 0.25) is 0 Å². The van der Waals surface area contributed by atoms with E-state index in [1.54, 1.807) is 12.1 Å². The molecule has 1 heterocycles. The Kier molecular flexibility index (Phi) is 3.39. The smallest absolute Gasteiger partial charge is 0.0992 e. The summed E-state index contributed by atoms with van der Waals surface area (Å²) in [4.78, 5) is 2.17. The number of aliphatic hydroxyl groups is 1. The molecule has 0 aromatic heterocycles. The number of likely N-dealkylation sites (tertiary alicyclic amines) is 1. The topological polar surface area (TPSA) is 47.3 Å². The molecule has 0 aliphatic carbocycles. The number of nitriles is 1. The summed E-state index contributed by atoms with van der Waals surface area (Å²) >= 11 is 6.12. The van der Waals surface area contributed by atoms with Crippen molar-refractivity contribution in [2.24, 2.45) is 0 Å². The number of β-amino-alcohol motifs (C(OH)–C–C–N with tert-alkyl or cyclic N) is 1. The molecule has 90 valence electrons. The van der Waals surface area contributed by atoms with E-state index in [0.29, 0.717) is 17.1 Å². The summed E-state index contributed by atoms with van der Waals surface area (Å²) in [6.07, 6.45) is 0.793. The van der Waals surface area contributed by atoms with Crippen LogP contribution in [0.4, 0.5) is 0 Å². The number of hydrogen-bond acceptors (Lipinski definition) is 3. The Hall–Kier alpha value is -1.08. The van der Waals surface area contributed by atoms with E-state index in [0.717, 1.165) is 25.1 Å². The van der Waals surface area contributed by atoms with Crippen LogP contribution in [0, 0.1) is 11.3 Å². The lowest BCUT2D eigenvalue weighted by Crippen LogP contribution is -2.29. The van der Waals surface area contributed by atoms with Crippen molar-refractivity contribution in [3.8, 4) is 6.07 Å². The van der Waals surface area contributed by atoms with Crippen molar-refractivity contribution in [1.29, 1.82) is 5.26 Å². The normalized spacial score (nSPS) is 24.8. The zero-order valence-corrected chi connectivity index (χ0v) is 10.5. The number of halogens is 1. The van der Waals surface area contributed by atoms with Gasteiger partial charge in [-0.15, -0.1) is 0 Å². The first-order chi connectivity index (χ1) is 8.00. The van der Waals surface area contributed by atoms with Crippen molar-refractivity contribution in [1.82, 2.24) is 4.90 Å². The largest absolute Gasteiger partial charge is 0.389 e.